The first-order chi connectivity index (χ1) is 13.0. The molecule has 0 saturated carbocycles. The monoisotopic (exact) mass is 366 g/mol. The number of nitrogens with zero attached hydrogens (tertiary/aromatic N) is 3. The van der Waals surface area contributed by atoms with Gasteiger partial charge in [0.05, 0.1) is 0 Å². The molecule has 1 aliphatic rings. The van der Waals surface area contributed by atoms with Gasteiger partial charge in [-0.1, -0.05) is 24.3 Å². The van der Waals surface area contributed by atoms with E-state index in [9.17, 15) is 9.59 Å². The van der Waals surface area contributed by atoms with E-state index < -0.39 is 0 Å². The molecule has 27 heavy (non-hydrogen) atoms. The number of benzene rings is 1. The van der Waals surface area contributed by atoms with Gasteiger partial charge in [-0.3, -0.25) is 14.6 Å². The second kappa shape index (κ2) is 8.77. The van der Waals surface area contributed by atoms with Crippen molar-refractivity contribution < 1.29 is 9.59 Å². The van der Waals surface area contributed by atoms with E-state index in [0.29, 0.717) is 25.2 Å². The number of rotatable bonds is 6. The van der Waals surface area contributed by atoms with Gasteiger partial charge in [0.2, 0.25) is 0 Å². The Balaban J connectivity index is 1.63. The molecular formula is C21H26N4O2. The van der Waals surface area contributed by atoms with E-state index in [0.717, 1.165) is 19.4 Å². The fourth-order valence-corrected chi connectivity index (χ4v) is 3.23. The molecule has 142 valence electrons. The molecule has 0 unspecified atom stereocenters. The highest BCUT2D eigenvalue weighted by Crippen LogP contribution is 2.20. The van der Waals surface area contributed by atoms with Crippen molar-refractivity contribution in [2.24, 2.45) is 0 Å². The first kappa shape index (κ1) is 19.0. The Hall–Kier alpha value is -2.73. The highest BCUT2D eigenvalue weighted by Gasteiger charge is 2.22. The van der Waals surface area contributed by atoms with Crippen LogP contribution < -0.4 is 5.32 Å². The van der Waals surface area contributed by atoms with Crippen LogP contribution in [0.3, 0.4) is 0 Å². The van der Waals surface area contributed by atoms with E-state index in [4.69, 9.17) is 0 Å². The Kier molecular flexibility index (Phi) is 6.19. The smallest absolute Gasteiger partial charge is 0.269 e. The minimum Gasteiger partial charge on any atom is -0.351 e. The summed E-state index contributed by atoms with van der Waals surface area (Å²) in [6, 6.07) is 11.5. The van der Waals surface area contributed by atoms with Gasteiger partial charge in [0.15, 0.2) is 0 Å². The van der Waals surface area contributed by atoms with Crippen molar-refractivity contribution in [2.45, 2.75) is 19.4 Å². The second-order valence-electron chi connectivity index (χ2n) is 7.09. The summed E-state index contributed by atoms with van der Waals surface area (Å²) in [5.41, 5.74) is 3.27. The van der Waals surface area contributed by atoms with Gasteiger partial charge in [-0.15, -0.1) is 0 Å². The van der Waals surface area contributed by atoms with Gasteiger partial charge in [-0.25, -0.2) is 0 Å². The number of fused-ring (bicyclic) bond motifs is 1. The third kappa shape index (κ3) is 4.92. The zero-order valence-corrected chi connectivity index (χ0v) is 15.9. The summed E-state index contributed by atoms with van der Waals surface area (Å²) in [6.07, 6.45) is 3.25. The van der Waals surface area contributed by atoms with Gasteiger partial charge in [0.25, 0.3) is 11.8 Å². The summed E-state index contributed by atoms with van der Waals surface area (Å²) < 4.78 is 0. The Morgan fingerprint density at radius 2 is 1.96 bits per heavy atom. The van der Waals surface area contributed by atoms with Gasteiger partial charge in [-0.05, 0) is 56.7 Å². The lowest BCUT2D eigenvalue weighted by atomic mass is 9.99. The van der Waals surface area contributed by atoms with Gasteiger partial charge >= 0.3 is 0 Å². The number of amides is 2. The molecule has 2 heterocycles. The predicted octanol–water partition coefficient (Wildman–Crippen LogP) is 1.96. The highest BCUT2D eigenvalue weighted by molar-refractivity contribution is 5.98. The van der Waals surface area contributed by atoms with Crippen molar-refractivity contribution in [3.63, 3.8) is 0 Å². The van der Waals surface area contributed by atoms with Crippen LogP contribution in [0.1, 0.15) is 38.4 Å². The van der Waals surface area contributed by atoms with Crippen LogP contribution in [-0.2, 0) is 13.0 Å². The third-order valence-corrected chi connectivity index (χ3v) is 4.73. The quantitative estimate of drug-likeness (QED) is 0.794. The molecule has 0 atom stereocenters. The maximum Gasteiger partial charge on any atom is 0.269 e. The van der Waals surface area contributed by atoms with Crippen LogP contribution in [0.25, 0.3) is 0 Å². The summed E-state index contributed by atoms with van der Waals surface area (Å²) in [4.78, 5) is 33.2. The molecule has 2 aromatic rings. The summed E-state index contributed by atoms with van der Waals surface area (Å²) in [5, 5.41) is 2.86. The van der Waals surface area contributed by atoms with E-state index in [-0.39, 0.29) is 17.5 Å². The minimum absolute atomic E-state index is 0.0615. The number of hydrogen-bond donors (Lipinski definition) is 1. The molecule has 0 fully saturated rings. The van der Waals surface area contributed by atoms with Crippen LogP contribution >= 0.6 is 0 Å². The fourth-order valence-electron chi connectivity index (χ4n) is 3.23. The summed E-state index contributed by atoms with van der Waals surface area (Å²) in [7, 11) is 3.99. The van der Waals surface area contributed by atoms with Crippen molar-refractivity contribution in [1.29, 1.82) is 0 Å². The minimum atomic E-state index is -0.243. The average Bonchev–Trinajstić information content (AvgIpc) is 2.70. The van der Waals surface area contributed by atoms with Crippen LogP contribution in [0.4, 0.5) is 0 Å². The number of carbonyl (C=O) groups is 2. The van der Waals surface area contributed by atoms with Crippen molar-refractivity contribution in [3.05, 3.63) is 65.0 Å². The SMILES string of the molecule is CN(C)CCCNC(=O)c1cc(C(=O)N2CCc3ccccc3C2)ccn1. The molecule has 0 saturated heterocycles. The number of pyridine rings is 1. The molecule has 3 rings (SSSR count). The Bertz CT molecular complexity index is 819. The third-order valence-electron chi connectivity index (χ3n) is 4.73. The number of nitrogens with one attached hydrogen (secondary N) is 1. The zero-order chi connectivity index (χ0) is 19.2. The molecule has 1 aliphatic heterocycles. The van der Waals surface area contributed by atoms with Gasteiger partial charge in [0, 0.05) is 31.4 Å². The van der Waals surface area contributed by atoms with Gasteiger partial charge in [0.1, 0.15) is 5.69 Å². The van der Waals surface area contributed by atoms with Crippen molar-refractivity contribution in [2.75, 3.05) is 33.7 Å². The molecule has 0 spiro atoms. The first-order valence-corrected chi connectivity index (χ1v) is 9.29. The first-order valence-electron chi connectivity index (χ1n) is 9.29. The number of carbonyl (C=O) groups excluding carboxylic acids is 2. The van der Waals surface area contributed by atoms with Crippen LogP contribution in [0.5, 0.6) is 0 Å². The Morgan fingerprint density at radius 1 is 1.19 bits per heavy atom. The highest BCUT2D eigenvalue weighted by atomic mass is 16.2. The predicted molar refractivity (Wildman–Crippen MR) is 105 cm³/mol. The average molecular weight is 366 g/mol. The molecule has 6 heteroatoms. The molecule has 0 bridgehead atoms. The Morgan fingerprint density at radius 3 is 2.74 bits per heavy atom. The van der Waals surface area contributed by atoms with E-state index in [1.54, 1.807) is 12.1 Å². The standard InChI is InChI=1S/C21H26N4O2/c1-24(2)12-5-10-23-20(26)19-14-17(8-11-22-19)21(27)25-13-9-16-6-3-4-7-18(16)15-25/h3-4,6-8,11,14H,5,9-10,12-13,15H2,1-2H3,(H,23,26). The molecule has 6 nitrogen and oxygen atoms in total. The van der Waals surface area contributed by atoms with E-state index >= 15 is 0 Å². The van der Waals surface area contributed by atoms with Gasteiger partial charge in [-0.2, -0.15) is 0 Å². The van der Waals surface area contributed by atoms with Crippen molar-refractivity contribution in [3.8, 4) is 0 Å². The molecular weight excluding hydrogens is 340 g/mol. The topological polar surface area (TPSA) is 65.5 Å². The molecule has 1 aromatic heterocycles. The molecule has 0 aliphatic carbocycles. The van der Waals surface area contributed by atoms with E-state index in [2.05, 4.69) is 27.3 Å². The van der Waals surface area contributed by atoms with Crippen molar-refractivity contribution >= 4 is 11.8 Å². The van der Waals surface area contributed by atoms with Crippen LogP contribution in [0.2, 0.25) is 0 Å². The van der Waals surface area contributed by atoms with Crippen LogP contribution in [0.15, 0.2) is 42.6 Å². The second-order valence-corrected chi connectivity index (χ2v) is 7.09. The summed E-state index contributed by atoms with van der Waals surface area (Å²) >= 11 is 0. The number of hydrogen-bond acceptors (Lipinski definition) is 4. The van der Waals surface area contributed by atoms with E-state index in [1.165, 1.54) is 17.3 Å². The fraction of sp³-hybridized carbons (Fsp3) is 0.381. The van der Waals surface area contributed by atoms with Crippen molar-refractivity contribution in [1.82, 2.24) is 20.1 Å². The maximum atomic E-state index is 12.9. The lowest BCUT2D eigenvalue weighted by Gasteiger charge is -2.29. The van der Waals surface area contributed by atoms with E-state index in [1.807, 2.05) is 31.1 Å². The molecule has 1 N–H and O–H groups in total. The van der Waals surface area contributed by atoms with Crippen LogP contribution in [-0.4, -0.2) is 60.3 Å². The summed E-state index contributed by atoms with van der Waals surface area (Å²) in [5.74, 6) is -0.305. The Labute approximate surface area is 160 Å². The molecule has 2 amide bonds. The van der Waals surface area contributed by atoms with Crippen LogP contribution in [0, 0.1) is 0 Å². The normalized spacial score (nSPS) is 13.4. The lowest BCUT2D eigenvalue weighted by molar-refractivity contribution is 0.0734. The summed E-state index contributed by atoms with van der Waals surface area (Å²) in [6.45, 7) is 2.77. The zero-order valence-electron chi connectivity index (χ0n) is 15.9. The molecule has 0 radical (unpaired) electrons. The largest absolute Gasteiger partial charge is 0.351 e. The lowest BCUT2D eigenvalue weighted by Crippen LogP contribution is -2.36. The maximum absolute atomic E-state index is 12.9. The number of aromatic nitrogens is 1. The van der Waals surface area contributed by atoms with Gasteiger partial charge < -0.3 is 15.1 Å². The molecule has 1 aromatic carbocycles.